The van der Waals surface area contributed by atoms with Crippen LogP contribution in [0.2, 0.25) is 0 Å². The molecule has 1 fully saturated rings. The number of hydrogen-bond acceptors (Lipinski definition) is 4. The van der Waals surface area contributed by atoms with Crippen molar-refractivity contribution in [2.24, 2.45) is 0 Å². The van der Waals surface area contributed by atoms with Crippen LogP contribution in [0.3, 0.4) is 0 Å². The van der Waals surface area contributed by atoms with Gasteiger partial charge in [0, 0.05) is 24.6 Å². The highest BCUT2D eigenvalue weighted by atomic mass is 16.5. The molecule has 1 unspecified atom stereocenters. The summed E-state index contributed by atoms with van der Waals surface area (Å²) in [7, 11) is 2.95. The number of rotatable bonds is 2. The van der Waals surface area contributed by atoms with E-state index < -0.39 is 5.97 Å². The lowest BCUT2D eigenvalue weighted by Crippen LogP contribution is -2.35. The molecular formula is C16H16N2O4. The fourth-order valence-corrected chi connectivity index (χ4v) is 3.02. The molecule has 0 radical (unpaired) electrons. The van der Waals surface area contributed by atoms with E-state index in [0.717, 1.165) is 0 Å². The third-order valence-corrected chi connectivity index (χ3v) is 4.18. The van der Waals surface area contributed by atoms with Crippen molar-refractivity contribution in [2.45, 2.75) is 18.9 Å². The fraction of sp³-hybridized carbons (Fsp3) is 0.312. The smallest absolute Gasteiger partial charge is 0.337 e. The number of carbonyl (C=O) groups excluding carboxylic acids is 3. The monoisotopic (exact) mass is 300 g/mol. The van der Waals surface area contributed by atoms with Crippen molar-refractivity contribution in [2.75, 3.05) is 14.2 Å². The maximum atomic E-state index is 12.3. The summed E-state index contributed by atoms with van der Waals surface area (Å²) >= 11 is 0. The van der Waals surface area contributed by atoms with Gasteiger partial charge in [-0.1, -0.05) is 18.2 Å². The van der Waals surface area contributed by atoms with Gasteiger partial charge < -0.3 is 15.0 Å². The number of likely N-dealkylation sites (tertiary alicyclic amines) is 1. The van der Waals surface area contributed by atoms with Crippen LogP contribution in [-0.2, 0) is 14.3 Å². The highest BCUT2D eigenvalue weighted by Crippen LogP contribution is 2.33. The van der Waals surface area contributed by atoms with Gasteiger partial charge in [-0.2, -0.15) is 0 Å². The van der Waals surface area contributed by atoms with Gasteiger partial charge in [-0.05, 0) is 12.5 Å². The van der Waals surface area contributed by atoms with Gasteiger partial charge in [0.2, 0.25) is 5.91 Å². The molecule has 2 amide bonds. The Kier molecular flexibility index (Phi) is 3.44. The molecule has 22 heavy (non-hydrogen) atoms. The summed E-state index contributed by atoms with van der Waals surface area (Å²) in [5, 5.41) is 2.75. The highest BCUT2D eigenvalue weighted by Gasteiger charge is 2.39. The summed E-state index contributed by atoms with van der Waals surface area (Å²) in [4.78, 5) is 37.7. The molecule has 114 valence electrons. The van der Waals surface area contributed by atoms with Crippen LogP contribution in [0, 0.1) is 0 Å². The molecule has 0 bridgehead atoms. The Labute approximate surface area is 127 Å². The van der Waals surface area contributed by atoms with Crippen LogP contribution in [-0.4, -0.2) is 42.9 Å². The molecule has 0 saturated carbocycles. The molecule has 1 N–H and O–H groups in total. The number of amides is 2. The second-order valence-corrected chi connectivity index (χ2v) is 5.34. The molecule has 2 aliphatic rings. The molecule has 0 aromatic heterocycles. The first-order chi connectivity index (χ1) is 10.5. The number of fused-ring (bicyclic) bond motifs is 1. The van der Waals surface area contributed by atoms with E-state index in [-0.39, 0.29) is 17.9 Å². The number of nitrogens with one attached hydrogen (secondary N) is 1. The van der Waals surface area contributed by atoms with Crippen LogP contribution in [0.25, 0.3) is 5.70 Å². The minimum absolute atomic E-state index is 0.0235. The Bertz CT molecular complexity index is 708. The van der Waals surface area contributed by atoms with Gasteiger partial charge in [-0.25, -0.2) is 4.79 Å². The van der Waals surface area contributed by atoms with Gasteiger partial charge >= 0.3 is 5.97 Å². The largest absolute Gasteiger partial charge is 0.466 e. The molecule has 1 aromatic carbocycles. The maximum absolute atomic E-state index is 12.3. The summed E-state index contributed by atoms with van der Waals surface area (Å²) in [5.74, 6) is -0.804. The minimum Gasteiger partial charge on any atom is -0.466 e. The Balaban J connectivity index is 2.17. The van der Waals surface area contributed by atoms with Crippen LogP contribution >= 0.6 is 0 Å². The molecule has 1 atom stereocenters. The number of methoxy groups -OCH3 is 1. The molecule has 3 rings (SSSR count). The van der Waals surface area contributed by atoms with Gasteiger partial charge in [-0.15, -0.1) is 0 Å². The van der Waals surface area contributed by atoms with Crippen molar-refractivity contribution in [1.29, 1.82) is 0 Å². The van der Waals surface area contributed by atoms with Crippen molar-refractivity contribution >= 4 is 23.5 Å². The van der Waals surface area contributed by atoms with Crippen molar-refractivity contribution in [3.05, 3.63) is 41.0 Å². The Hall–Kier alpha value is -2.63. The van der Waals surface area contributed by atoms with Crippen LogP contribution in [0.5, 0.6) is 0 Å². The average molecular weight is 300 g/mol. The average Bonchev–Trinajstić information content (AvgIpc) is 3.03. The third-order valence-electron chi connectivity index (χ3n) is 4.18. The zero-order chi connectivity index (χ0) is 15.9. The number of hydrogen-bond donors (Lipinski definition) is 1. The zero-order valence-corrected chi connectivity index (χ0v) is 12.4. The summed E-state index contributed by atoms with van der Waals surface area (Å²) in [6.07, 6.45) is 0.909. The SMILES string of the molecule is COC(=O)/C(=C1/NC(=O)c2ccccc21)C1CCC(=O)N1C. The van der Waals surface area contributed by atoms with E-state index in [0.29, 0.717) is 35.2 Å². The fourth-order valence-electron chi connectivity index (χ4n) is 3.02. The van der Waals surface area contributed by atoms with Crippen molar-refractivity contribution in [3.8, 4) is 0 Å². The number of carbonyl (C=O) groups is 3. The van der Waals surface area contributed by atoms with E-state index in [1.807, 2.05) is 0 Å². The Morgan fingerprint density at radius 3 is 2.55 bits per heavy atom. The molecule has 0 spiro atoms. The standard InChI is InChI=1S/C16H16N2O4/c1-18-11(7-8-12(18)19)13(16(21)22-2)14-9-5-3-4-6-10(9)15(20)17-14/h3-6,11H,7-8H2,1-2H3,(H,17,20)/b14-13+. The number of nitrogens with zero attached hydrogens (tertiary/aromatic N) is 1. The zero-order valence-electron chi connectivity index (χ0n) is 12.4. The summed E-state index contributed by atoms with van der Waals surface area (Å²) < 4.78 is 4.88. The predicted octanol–water partition coefficient (Wildman–Crippen LogP) is 0.935. The second-order valence-electron chi connectivity index (χ2n) is 5.34. The van der Waals surface area contributed by atoms with Gasteiger partial charge in [0.15, 0.2) is 0 Å². The number of esters is 1. The van der Waals surface area contributed by atoms with Crippen LogP contribution < -0.4 is 5.32 Å². The van der Waals surface area contributed by atoms with Crippen LogP contribution in [0.1, 0.15) is 28.8 Å². The molecule has 1 aromatic rings. The highest BCUT2D eigenvalue weighted by molar-refractivity contribution is 6.14. The summed E-state index contributed by atoms with van der Waals surface area (Å²) in [5.41, 5.74) is 1.96. The van der Waals surface area contributed by atoms with E-state index >= 15 is 0 Å². The van der Waals surface area contributed by atoms with Crippen molar-refractivity contribution in [1.82, 2.24) is 10.2 Å². The van der Waals surface area contributed by atoms with Crippen LogP contribution in [0.4, 0.5) is 0 Å². The molecule has 0 aliphatic carbocycles. The first kappa shape index (κ1) is 14.3. The first-order valence-corrected chi connectivity index (χ1v) is 7.03. The molecule has 2 aliphatic heterocycles. The lowest BCUT2D eigenvalue weighted by atomic mass is 9.98. The van der Waals surface area contributed by atoms with E-state index in [1.165, 1.54) is 12.0 Å². The number of ether oxygens (including phenoxy) is 1. The van der Waals surface area contributed by atoms with E-state index in [1.54, 1.807) is 31.3 Å². The lowest BCUT2D eigenvalue weighted by Gasteiger charge is -2.23. The quantitative estimate of drug-likeness (QED) is 0.651. The lowest BCUT2D eigenvalue weighted by molar-refractivity contribution is -0.136. The van der Waals surface area contributed by atoms with Gasteiger partial charge in [0.25, 0.3) is 5.91 Å². The molecule has 2 heterocycles. The normalized spacial score (nSPS) is 22.5. The Morgan fingerprint density at radius 2 is 1.95 bits per heavy atom. The van der Waals surface area contributed by atoms with Crippen molar-refractivity contribution in [3.63, 3.8) is 0 Å². The van der Waals surface area contributed by atoms with Gasteiger partial charge in [0.05, 0.1) is 24.4 Å². The van der Waals surface area contributed by atoms with Gasteiger partial charge in [0.1, 0.15) is 0 Å². The molecular weight excluding hydrogens is 284 g/mol. The summed E-state index contributed by atoms with van der Waals surface area (Å²) in [6.45, 7) is 0. The topological polar surface area (TPSA) is 75.7 Å². The minimum atomic E-state index is -0.529. The van der Waals surface area contributed by atoms with Crippen LogP contribution in [0.15, 0.2) is 29.8 Å². The molecule has 6 heteroatoms. The summed E-state index contributed by atoms with van der Waals surface area (Å²) in [6, 6.07) is 6.67. The Morgan fingerprint density at radius 1 is 1.27 bits per heavy atom. The third kappa shape index (κ3) is 2.07. The maximum Gasteiger partial charge on any atom is 0.337 e. The van der Waals surface area contributed by atoms with Gasteiger partial charge in [-0.3, -0.25) is 9.59 Å². The first-order valence-electron chi connectivity index (χ1n) is 7.03. The molecule has 6 nitrogen and oxygen atoms in total. The van der Waals surface area contributed by atoms with E-state index in [2.05, 4.69) is 5.32 Å². The van der Waals surface area contributed by atoms with Crippen molar-refractivity contribution < 1.29 is 19.1 Å². The van der Waals surface area contributed by atoms with E-state index in [4.69, 9.17) is 4.74 Å². The molecule has 1 saturated heterocycles. The predicted molar refractivity (Wildman–Crippen MR) is 78.6 cm³/mol. The number of likely N-dealkylation sites (N-methyl/N-ethyl adjacent to an activating group) is 1. The second kappa shape index (κ2) is 5.29. The number of benzene rings is 1. The van der Waals surface area contributed by atoms with E-state index in [9.17, 15) is 14.4 Å².